The van der Waals surface area contributed by atoms with Crippen LogP contribution < -0.4 is 25.0 Å². The maximum absolute atomic E-state index is 12.3. The molecule has 182 valence electrons. The number of amides is 2. The highest BCUT2D eigenvalue weighted by Gasteiger charge is 2.10. The number of rotatable bonds is 11. The lowest BCUT2D eigenvalue weighted by Crippen LogP contribution is -2.24. The first-order chi connectivity index (χ1) is 17.0. The Labute approximate surface area is 217 Å². The van der Waals surface area contributed by atoms with Crippen LogP contribution in [0.5, 0.6) is 17.2 Å². The zero-order chi connectivity index (χ0) is 25.0. The van der Waals surface area contributed by atoms with Crippen molar-refractivity contribution in [1.82, 2.24) is 5.43 Å². The van der Waals surface area contributed by atoms with E-state index in [1.165, 1.54) is 6.21 Å². The Bertz CT molecular complexity index is 1200. The van der Waals surface area contributed by atoms with Crippen LogP contribution in [0, 0.1) is 10.5 Å². The summed E-state index contributed by atoms with van der Waals surface area (Å²) in [4.78, 5) is 24.3. The van der Waals surface area contributed by atoms with Gasteiger partial charge < -0.3 is 19.5 Å². The van der Waals surface area contributed by atoms with Crippen LogP contribution in [0.3, 0.4) is 0 Å². The van der Waals surface area contributed by atoms with Crippen LogP contribution in [0.1, 0.15) is 18.1 Å². The molecule has 0 spiro atoms. The lowest BCUT2D eigenvalue weighted by Gasteiger charge is -2.13. The third kappa shape index (κ3) is 8.29. The molecule has 0 radical (unpaired) electrons. The van der Waals surface area contributed by atoms with Crippen LogP contribution in [-0.4, -0.2) is 37.8 Å². The largest absolute Gasteiger partial charge is 0.490 e. The maximum Gasteiger partial charge on any atom is 0.277 e. The molecule has 0 aliphatic carbocycles. The summed E-state index contributed by atoms with van der Waals surface area (Å²) in [5.41, 5.74) is 4.82. The van der Waals surface area contributed by atoms with Crippen molar-refractivity contribution in [2.75, 3.05) is 25.1 Å². The molecule has 0 fully saturated rings. The molecular formula is C26H26IN3O5. The van der Waals surface area contributed by atoms with Gasteiger partial charge in [-0.3, -0.25) is 9.59 Å². The second-order valence-corrected chi connectivity index (χ2v) is 8.47. The average molecular weight is 587 g/mol. The summed E-state index contributed by atoms with van der Waals surface area (Å²) in [6, 6.07) is 20.1. The monoisotopic (exact) mass is 587 g/mol. The van der Waals surface area contributed by atoms with E-state index >= 15 is 0 Å². The number of nitrogens with one attached hydrogen (secondary N) is 2. The second kappa shape index (κ2) is 13.3. The summed E-state index contributed by atoms with van der Waals surface area (Å²) in [7, 11) is 0. The van der Waals surface area contributed by atoms with Crippen LogP contribution in [0.15, 0.2) is 71.8 Å². The molecule has 0 atom stereocenters. The molecule has 0 aromatic heterocycles. The minimum atomic E-state index is -0.384. The van der Waals surface area contributed by atoms with Crippen molar-refractivity contribution in [3.63, 3.8) is 0 Å². The summed E-state index contributed by atoms with van der Waals surface area (Å²) in [5, 5.41) is 6.80. The number of hydrogen-bond donors (Lipinski definition) is 2. The number of carbonyl (C=O) groups is 2. The van der Waals surface area contributed by atoms with E-state index in [-0.39, 0.29) is 25.0 Å². The number of para-hydroxylation sites is 2. The quantitative estimate of drug-likeness (QED) is 0.195. The van der Waals surface area contributed by atoms with Crippen molar-refractivity contribution in [2.45, 2.75) is 13.8 Å². The van der Waals surface area contributed by atoms with Gasteiger partial charge in [0.2, 0.25) is 0 Å². The highest BCUT2D eigenvalue weighted by atomic mass is 127. The lowest BCUT2D eigenvalue weighted by atomic mass is 10.2. The van der Waals surface area contributed by atoms with E-state index in [4.69, 9.17) is 14.2 Å². The number of halogens is 1. The smallest absolute Gasteiger partial charge is 0.277 e. The summed E-state index contributed by atoms with van der Waals surface area (Å²) in [5.74, 6) is 0.872. The first-order valence-electron chi connectivity index (χ1n) is 10.9. The molecule has 2 amide bonds. The van der Waals surface area contributed by atoms with Crippen molar-refractivity contribution < 1.29 is 23.8 Å². The molecule has 35 heavy (non-hydrogen) atoms. The van der Waals surface area contributed by atoms with Gasteiger partial charge in [-0.1, -0.05) is 30.3 Å². The van der Waals surface area contributed by atoms with E-state index in [1.54, 1.807) is 24.3 Å². The van der Waals surface area contributed by atoms with Crippen LogP contribution in [0.25, 0.3) is 0 Å². The number of anilines is 1. The first kappa shape index (κ1) is 26.0. The first-order valence-corrected chi connectivity index (χ1v) is 12.0. The molecule has 0 unspecified atom stereocenters. The van der Waals surface area contributed by atoms with Crippen molar-refractivity contribution in [3.8, 4) is 17.2 Å². The van der Waals surface area contributed by atoms with Crippen LogP contribution in [0.4, 0.5) is 5.69 Å². The van der Waals surface area contributed by atoms with Gasteiger partial charge in [0.15, 0.2) is 24.7 Å². The Morgan fingerprint density at radius 2 is 1.60 bits per heavy atom. The number of hydrazone groups is 1. The number of hydrogen-bond acceptors (Lipinski definition) is 6. The second-order valence-electron chi connectivity index (χ2n) is 7.30. The molecule has 3 aromatic carbocycles. The fourth-order valence-corrected chi connectivity index (χ4v) is 3.49. The Morgan fingerprint density at radius 3 is 2.37 bits per heavy atom. The topological polar surface area (TPSA) is 98.2 Å². The Hall–Kier alpha value is -3.60. The van der Waals surface area contributed by atoms with Crippen molar-refractivity contribution in [3.05, 3.63) is 81.4 Å². The molecule has 3 rings (SSSR count). The molecule has 9 heteroatoms. The molecule has 0 bridgehead atoms. The van der Waals surface area contributed by atoms with Gasteiger partial charge in [-0.2, -0.15) is 5.10 Å². The number of benzene rings is 3. The van der Waals surface area contributed by atoms with E-state index in [0.717, 1.165) is 14.8 Å². The van der Waals surface area contributed by atoms with Gasteiger partial charge in [0.05, 0.1) is 16.4 Å². The maximum atomic E-state index is 12.3. The number of aryl methyl sites for hydroxylation is 1. The molecular weight excluding hydrogens is 561 g/mol. The van der Waals surface area contributed by atoms with E-state index in [9.17, 15) is 9.59 Å². The third-order valence-electron chi connectivity index (χ3n) is 4.64. The lowest BCUT2D eigenvalue weighted by molar-refractivity contribution is -0.123. The molecule has 0 aliphatic heterocycles. The van der Waals surface area contributed by atoms with Crippen molar-refractivity contribution >= 4 is 46.3 Å². The van der Waals surface area contributed by atoms with Gasteiger partial charge in [0.1, 0.15) is 5.75 Å². The molecule has 0 aliphatic rings. The van der Waals surface area contributed by atoms with Gasteiger partial charge in [-0.25, -0.2) is 5.43 Å². The predicted octanol–water partition coefficient (Wildman–Crippen LogP) is 4.54. The van der Waals surface area contributed by atoms with E-state index in [0.29, 0.717) is 29.4 Å². The Kier molecular flexibility index (Phi) is 9.91. The standard InChI is InChI=1S/C26H26IN3O5/c1-3-33-24-14-19(15-28-30-26(32)17-34-22-11-7-5-9-20(22)27)12-13-23(24)35-16-25(31)29-21-10-6-4-8-18(21)2/h4-15H,3,16-17H2,1-2H3,(H,29,31)(H,30,32)/b28-15+. The highest BCUT2D eigenvalue weighted by molar-refractivity contribution is 14.1. The van der Waals surface area contributed by atoms with Gasteiger partial charge in [0.25, 0.3) is 11.8 Å². The molecule has 0 heterocycles. The third-order valence-corrected chi connectivity index (χ3v) is 5.54. The molecule has 3 aromatic rings. The minimum absolute atomic E-state index is 0.154. The molecule has 0 saturated heterocycles. The SMILES string of the molecule is CCOc1cc(/C=N/NC(=O)COc2ccccc2I)ccc1OCC(=O)Nc1ccccc1C. The number of carbonyl (C=O) groups excluding carboxylic acids is 2. The summed E-state index contributed by atoms with van der Waals surface area (Å²) in [6.45, 7) is 3.86. The van der Waals surface area contributed by atoms with E-state index < -0.39 is 0 Å². The molecule has 8 nitrogen and oxygen atoms in total. The summed E-state index contributed by atoms with van der Waals surface area (Å²) >= 11 is 2.14. The fourth-order valence-electron chi connectivity index (χ4n) is 2.95. The molecule has 0 saturated carbocycles. The normalized spacial score (nSPS) is 10.6. The Morgan fingerprint density at radius 1 is 0.886 bits per heavy atom. The summed E-state index contributed by atoms with van der Waals surface area (Å²) in [6.07, 6.45) is 1.49. The average Bonchev–Trinajstić information content (AvgIpc) is 2.85. The number of nitrogens with zero attached hydrogens (tertiary/aromatic N) is 1. The van der Waals surface area contributed by atoms with Crippen molar-refractivity contribution in [1.29, 1.82) is 0 Å². The van der Waals surface area contributed by atoms with Gasteiger partial charge in [0, 0.05) is 5.69 Å². The van der Waals surface area contributed by atoms with E-state index in [1.807, 2.05) is 56.3 Å². The highest BCUT2D eigenvalue weighted by Crippen LogP contribution is 2.28. The minimum Gasteiger partial charge on any atom is -0.490 e. The Balaban J connectivity index is 1.53. The zero-order valence-corrected chi connectivity index (χ0v) is 21.6. The van der Waals surface area contributed by atoms with Crippen LogP contribution in [-0.2, 0) is 9.59 Å². The van der Waals surface area contributed by atoms with Crippen molar-refractivity contribution in [2.24, 2.45) is 5.10 Å². The number of ether oxygens (including phenoxy) is 3. The van der Waals surface area contributed by atoms with Crippen LogP contribution in [0.2, 0.25) is 0 Å². The van der Waals surface area contributed by atoms with Gasteiger partial charge >= 0.3 is 0 Å². The van der Waals surface area contributed by atoms with E-state index in [2.05, 4.69) is 38.4 Å². The van der Waals surface area contributed by atoms with Gasteiger partial charge in [-0.15, -0.1) is 0 Å². The fraction of sp³-hybridized carbons (Fsp3) is 0.192. The van der Waals surface area contributed by atoms with Gasteiger partial charge in [-0.05, 0) is 84.0 Å². The summed E-state index contributed by atoms with van der Waals surface area (Å²) < 4.78 is 17.7. The molecule has 2 N–H and O–H groups in total. The van der Waals surface area contributed by atoms with Crippen LogP contribution >= 0.6 is 22.6 Å². The predicted molar refractivity (Wildman–Crippen MR) is 143 cm³/mol. The zero-order valence-electron chi connectivity index (χ0n) is 19.4.